The standard InChI is InChI=1S/C15H21ClN2O4/c1-4-5-11(13(20)21)17-14(22)15(2,3)9-18-8-10(16)6-7-12(18)19/h6-8,11H,4-5,9H2,1-3H3,(H,17,22)(H,20,21). The lowest BCUT2D eigenvalue weighted by Gasteiger charge is -2.26. The molecule has 122 valence electrons. The van der Waals surface area contributed by atoms with Crippen LogP contribution in [0.1, 0.15) is 33.6 Å². The van der Waals surface area contributed by atoms with Gasteiger partial charge in [0.05, 0.1) is 10.4 Å². The molecule has 0 saturated heterocycles. The first-order valence-electron chi connectivity index (χ1n) is 7.07. The van der Waals surface area contributed by atoms with Crippen LogP contribution in [0.3, 0.4) is 0 Å². The van der Waals surface area contributed by atoms with Crippen LogP contribution in [-0.4, -0.2) is 27.6 Å². The van der Waals surface area contributed by atoms with E-state index >= 15 is 0 Å². The average Bonchev–Trinajstić information content (AvgIpc) is 2.41. The Hall–Kier alpha value is -1.82. The van der Waals surface area contributed by atoms with Gasteiger partial charge in [0.25, 0.3) is 5.56 Å². The molecule has 7 heteroatoms. The molecule has 1 heterocycles. The molecule has 1 atom stereocenters. The zero-order valence-corrected chi connectivity index (χ0v) is 13.7. The molecule has 0 radical (unpaired) electrons. The Morgan fingerprint density at radius 3 is 2.59 bits per heavy atom. The molecule has 1 unspecified atom stereocenters. The first-order chi connectivity index (χ1) is 10.2. The van der Waals surface area contributed by atoms with E-state index in [-0.39, 0.29) is 12.1 Å². The molecular formula is C15H21ClN2O4. The molecule has 0 spiro atoms. The fourth-order valence-corrected chi connectivity index (χ4v) is 2.20. The van der Waals surface area contributed by atoms with E-state index in [9.17, 15) is 14.4 Å². The molecule has 0 aliphatic rings. The second-order valence-electron chi connectivity index (χ2n) is 5.85. The molecule has 0 aliphatic carbocycles. The van der Waals surface area contributed by atoms with E-state index in [1.54, 1.807) is 13.8 Å². The van der Waals surface area contributed by atoms with Crippen LogP contribution in [0, 0.1) is 5.41 Å². The summed E-state index contributed by atoms with van der Waals surface area (Å²) in [6, 6.07) is 1.88. The van der Waals surface area contributed by atoms with Crippen LogP contribution in [0.4, 0.5) is 0 Å². The van der Waals surface area contributed by atoms with Crippen LogP contribution in [0.15, 0.2) is 23.1 Å². The van der Waals surface area contributed by atoms with Crippen LogP contribution in [0.5, 0.6) is 0 Å². The number of halogens is 1. The molecule has 1 rings (SSSR count). The third-order valence-electron chi connectivity index (χ3n) is 3.31. The summed E-state index contributed by atoms with van der Waals surface area (Å²) in [5, 5.41) is 12.0. The zero-order chi connectivity index (χ0) is 16.9. The van der Waals surface area contributed by atoms with Gasteiger partial charge in [0.2, 0.25) is 5.91 Å². The number of carbonyl (C=O) groups is 2. The number of aliphatic carboxylic acids is 1. The Morgan fingerprint density at radius 1 is 1.41 bits per heavy atom. The summed E-state index contributed by atoms with van der Waals surface area (Å²) in [6.07, 6.45) is 2.46. The van der Waals surface area contributed by atoms with Crippen LogP contribution in [-0.2, 0) is 16.1 Å². The normalized spacial score (nSPS) is 12.7. The summed E-state index contributed by atoms with van der Waals surface area (Å²) in [7, 11) is 0. The van der Waals surface area contributed by atoms with Gasteiger partial charge in [-0.1, -0.05) is 24.9 Å². The average molecular weight is 329 g/mol. The molecule has 6 nitrogen and oxygen atoms in total. The van der Waals surface area contributed by atoms with Crippen LogP contribution >= 0.6 is 11.6 Å². The number of amides is 1. The SMILES string of the molecule is CCCC(NC(=O)C(C)(C)Cn1cc(Cl)ccc1=O)C(=O)O. The maximum absolute atomic E-state index is 12.3. The van der Waals surface area contributed by atoms with Crippen LogP contribution in [0.2, 0.25) is 5.02 Å². The minimum absolute atomic E-state index is 0.108. The van der Waals surface area contributed by atoms with Gasteiger partial charge in [0, 0.05) is 18.8 Å². The van der Waals surface area contributed by atoms with Crippen molar-refractivity contribution in [2.45, 2.75) is 46.2 Å². The molecule has 2 N–H and O–H groups in total. The van der Waals surface area contributed by atoms with Crippen molar-refractivity contribution < 1.29 is 14.7 Å². The van der Waals surface area contributed by atoms with E-state index in [2.05, 4.69) is 5.32 Å². The van der Waals surface area contributed by atoms with Crippen molar-refractivity contribution in [2.75, 3.05) is 0 Å². The van der Waals surface area contributed by atoms with E-state index in [0.717, 1.165) is 0 Å². The second kappa shape index (κ2) is 7.45. The Morgan fingerprint density at radius 2 is 2.05 bits per heavy atom. The minimum Gasteiger partial charge on any atom is -0.480 e. The Kier molecular flexibility index (Phi) is 6.17. The first kappa shape index (κ1) is 18.2. The number of rotatable bonds is 7. The zero-order valence-electron chi connectivity index (χ0n) is 12.9. The predicted octanol–water partition coefficient (Wildman–Crippen LogP) is 1.90. The lowest BCUT2D eigenvalue weighted by atomic mass is 9.91. The molecule has 0 fully saturated rings. The topological polar surface area (TPSA) is 88.4 Å². The van der Waals surface area contributed by atoms with Crippen molar-refractivity contribution in [1.82, 2.24) is 9.88 Å². The Balaban J connectivity index is 2.88. The summed E-state index contributed by atoms with van der Waals surface area (Å²) in [4.78, 5) is 35.2. The lowest BCUT2D eigenvalue weighted by molar-refractivity contribution is -0.143. The van der Waals surface area contributed by atoms with Crippen molar-refractivity contribution >= 4 is 23.5 Å². The van der Waals surface area contributed by atoms with E-state index < -0.39 is 23.3 Å². The lowest BCUT2D eigenvalue weighted by Crippen LogP contribution is -2.48. The number of carboxylic acids is 1. The molecule has 22 heavy (non-hydrogen) atoms. The summed E-state index contributed by atoms with van der Waals surface area (Å²) in [5.41, 5.74) is -1.22. The summed E-state index contributed by atoms with van der Waals surface area (Å²) < 4.78 is 1.34. The van der Waals surface area contributed by atoms with Crippen LogP contribution in [0.25, 0.3) is 0 Å². The molecular weight excluding hydrogens is 308 g/mol. The van der Waals surface area contributed by atoms with Crippen molar-refractivity contribution in [3.05, 3.63) is 33.7 Å². The number of nitrogens with one attached hydrogen (secondary N) is 1. The molecule has 0 aromatic carbocycles. The van der Waals surface area contributed by atoms with E-state index in [1.165, 1.54) is 22.9 Å². The van der Waals surface area contributed by atoms with Gasteiger partial charge in [-0.15, -0.1) is 0 Å². The quantitative estimate of drug-likeness (QED) is 0.800. The van der Waals surface area contributed by atoms with E-state index in [4.69, 9.17) is 16.7 Å². The highest BCUT2D eigenvalue weighted by Crippen LogP contribution is 2.19. The molecule has 0 bridgehead atoms. The van der Waals surface area contributed by atoms with Gasteiger partial charge >= 0.3 is 5.97 Å². The van der Waals surface area contributed by atoms with Crippen LogP contribution < -0.4 is 10.9 Å². The molecule has 0 aliphatic heterocycles. The van der Waals surface area contributed by atoms with Gasteiger partial charge in [0.1, 0.15) is 6.04 Å². The third-order valence-corrected chi connectivity index (χ3v) is 3.53. The largest absolute Gasteiger partial charge is 0.480 e. The minimum atomic E-state index is -1.06. The fraction of sp³-hybridized carbons (Fsp3) is 0.533. The van der Waals surface area contributed by atoms with Gasteiger partial charge in [-0.05, 0) is 26.3 Å². The number of carboxylic acid groups (broad SMARTS) is 1. The van der Waals surface area contributed by atoms with Gasteiger partial charge in [-0.25, -0.2) is 4.79 Å². The molecule has 1 amide bonds. The number of pyridine rings is 1. The highest BCUT2D eigenvalue weighted by Gasteiger charge is 2.31. The van der Waals surface area contributed by atoms with E-state index in [0.29, 0.717) is 17.9 Å². The highest BCUT2D eigenvalue weighted by molar-refractivity contribution is 6.30. The third kappa shape index (κ3) is 4.87. The number of hydrogen-bond acceptors (Lipinski definition) is 3. The monoisotopic (exact) mass is 328 g/mol. The van der Waals surface area contributed by atoms with Gasteiger partial charge < -0.3 is 15.0 Å². The number of carbonyl (C=O) groups excluding carboxylic acids is 1. The smallest absolute Gasteiger partial charge is 0.326 e. The maximum atomic E-state index is 12.3. The van der Waals surface area contributed by atoms with Gasteiger partial charge in [0.15, 0.2) is 0 Å². The summed E-state index contributed by atoms with van der Waals surface area (Å²) in [5.74, 6) is -1.48. The summed E-state index contributed by atoms with van der Waals surface area (Å²) in [6.45, 7) is 5.26. The number of aromatic nitrogens is 1. The van der Waals surface area contributed by atoms with Crippen molar-refractivity contribution in [1.29, 1.82) is 0 Å². The first-order valence-corrected chi connectivity index (χ1v) is 7.45. The fourth-order valence-electron chi connectivity index (χ4n) is 2.02. The van der Waals surface area contributed by atoms with E-state index in [1.807, 2.05) is 6.92 Å². The Bertz CT molecular complexity index is 610. The van der Waals surface area contributed by atoms with Crippen molar-refractivity contribution in [3.63, 3.8) is 0 Å². The number of hydrogen-bond donors (Lipinski definition) is 2. The maximum Gasteiger partial charge on any atom is 0.326 e. The van der Waals surface area contributed by atoms with Gasteiger partial charge in [-0.3, -0.25) is 9.59 Å². The summed E-state index contributed by atoms with van der Waals surface area (Å²) >= 11 is 5.85. The van der Waals surface area contributed by atoms with Crippen molar-refractivity contribution in [3.8, 4) is 0 Å². The molecule has 0 saturated carbocycles. The number of nitrogens with zero attached hydrogens (tertiary/aromatic N) is 1. The van der Waals surface area contributed by atoms with Crippen molar-refractivity contribution in [2.24, 2.45) is 5.41 Å². The predicted molar refractivity (Wildman–Crippen MR) is 84.0 cm³/mol. The molecule has 1 aromatic rings. The second-order valence-corrected chi connectivity index (χ2v) is 6.29. The Labute approximate surface area is 134 Å². The highest BCUT2D eigenvalue weighted by atomic mass is 35.5. The van der Waals surface area contributed by atoms with Gasteiger partial charge in [-0.2, -0.15) is 0 Å². The molecule has 1 aromatic heterocycles.